The molecule has 0 radical (unpaired) electrons. The van der Waals surface area contributed by atoms with E-state index in [2.05, 4.69) is 43.5 Å². The third-order valence-corrected chi connectivity index (χ3v) is 6.71. The molecule has 0 aliphatic heterocycles. The number of carbonyl (C=O) groups is 1. The number of carbonyl (C=O) groups excluding carboxylic acids is 1. The first-order valence-corrected chi connectivity index (χ1v) is 15.3. The average molecular weight is 522 g/mol. The van der Waals surface area contributed by atoms with Crippen molar-refractivity contribution in [1.82, 2.24) is 5.32 Å². The van der Waals surface area contributed by atoms with E-state index in [-0.39, 0.29) is 6.61 Å². The number of rotatable bonds is 26. The molecule has 3 unspecified atom stereocenters. The number of aliphatic hydroxyl groups excluding tert-OH is 3. The van der Waals surface area contributed by atoms with Gasteiger partial charge in [-0.3, -0.25) is 4.79 Å². The van der Waals surface area contributed by atoms with Crippen molar-refractivity contribution in [2.75, 3.05) is 6.61 Å². The summed E-state index contributed by atoms with van der Waals surface area (Å²) in [5, 5.41) is 32.6. The van der Waals surface area contributed by atoms with Gasteiger partial charge in [0.25, 0.3) is 0 Å². The SMILES string of the molecule is CCCCC/C=C/CC/C=C/CC/C=C/C(O)C(CO)NC(=O)C(O)CCCCCCCCCCCC. The van der Waals surface area contributed by atoms with Crippen LogP contribution in [-0.4, -0.2) is 46.1 Å². The molecule has 0 spiro atoms. The number of nitrogens with one attached hydrogen (secondary N) is 1. The monoisotopic (exact) mass is 521 g/mol. The molecular weight excluding hydrogens is 462 g/mol. The maximum atomic E-state index is 12.3. The molecule has 37 heavy (non-hydrogen) atoms. The van der Waals surface area contributed by atoms with E-state index < -0.39 is 24.2 Å². The van der Waals surface area contributed by atoms with Gasteiger partial charge in [0, 0.05) is 0 Å². The predicted octanol–water partition coefficient (Wildman–Crippen LogP) is 7.31. The number of allylic oxidation sites excluding steroid dienone is 5. The summed E-state index contributed by atoms with van der Waals surface area (Å²) < 4.78 is 0. The van der Waals surface area contributed by atoms with Crippen molar-refractivity contribution < 1.29 is 20.1 Å². The fourth-order valence-electron chi connectivity index (χ4n) is 4.21. The molecule has 4 N–H and O–H groups in total. The zero-order chi connectivity index (χ0) is 27.4. The van der Waals surface area contributed by atoms with Crippen LogP contribution in [0.25, 0.3) is 0 Å². The van der Waals surface area contributed by atoms with Gasteiger partial charge < -0.3 is 20.6 Å². The van der Waals surface area contributed by atoms with Gasteiger partial charge in [-0.05, 0) is 44.9 Å². The molecular formula is C32H59NO4. The first kappa shape index (κ1) is 35.6. The lowest BCUT2D eigenvalue weighted by molar-refractivity contribution is -0.131. The van der Waals surface area contributed by atoms with Crippen LogP contribution >= 0.6 is 0 Å². The maximum absolute atomic E-state index is 12.3. The zero-order valence-electron chi connectivity index (χ0n) is 24.1. The summed E-state index contributed by atoms with van der Waals surface area (Å²) in [4.78, 5) is 12.3. The van der Waals surface area contributed by atoms with Crippen LogP contribution in [0.15, 0.2) is 36.5 Å². The molecule has 0 saturated carbocycles. The Balaban J connectivity index is 3.93. The van der Waals surface area contributed by atoms with E-state index in [1.807, 2.05) is 6.08 Å². The number of aliphatic hydroxyl groups is 3. The lowest BCUT2D eigenvalue weighted by Crippen LogP contribution is -2.48. The summed E-state index contributed by atoms with van der Waals surface area (Å²) in [6.45, 7) is 4.07. The van der Waals surface area contributed by atoms with Gasteiger partial charge in [-0.1, -0.05) is 127 Å². The van der Waals surface area contributed by atoms with E-state index in [9.17, 15) is 20.1 Å². The fourth-order valence-corrected chi connectivity index (χ4v) is 4.21. The van der Waals surface area contributed by atoms with Crippen LogP contribution in [0.3, 0.4) is 0 Å². The van der Waals surface area contributed by atoms with Crippen molar-refractivity contribution in [3.05, 3.63) is 36.5 Å². The summed E-state index contributed by atoms with van der Waals surface area (Å²) >= 11 is 0. The molecule has 0 rings (SSSR count). The van der Waals surface area contributed by atoms with Crippen LogP contribution in [0.1, 0.15) is 136 Å². The third kappa shape index (κ3) is 23.4. The third-order valence-electron chi connectivity index (χ3n) is 6.71. The van der Waals surface area contributed by atoms with Crippen LogP contribution in [0.2, 0.25) is 0 Å². The highest BCUT2D eigenvalue weighted by molar-refractivity contribution is 5.80. The molecule has 0 heterocycles. The molecule has 0 aromatic heterocycles. The van der Waals surface area contributed by atoms with E-state index in [1.165, 1.54) is 70.6 Å². The first-order valence-electron chi connectivity index (χ1n) is 15.3. The smallest absolute Gasteiger partial charge is 0.249 e. The molecule has 0 aromatic rings. The Morgan fingerprint density at radius 2 is 1.11 bits per heavy atom. The second-order valence-corrected chi connectivity index (χ2v) is 10.3. The molecule has 0 saturated heterocycles. The van der Waals surface area contributed by atoms with Gasteiger partial charge in [-0.15, -0.1) is 0 Å². The summed E-state index contributed by atoms with van der Waals surface area (Å²) in [6, 6.07) is -0.814. The predicted molar refractivity (Wildman–Crippen MR) is 158 cm³/mol. The van der Waals surface area contributed by atoms with Gasteiger partial charge in [0.1, 0.15) is 6.10 Å². The van der Waals surface area contributed by atoms with E-state index >= 15 is 0 Å². The van der Waals surface area contributed by atoms with Crippen LogP contribution < -0.4 is 5.32 Å². The van der Waals surface area contributed by atoms with E-state index in [0.717, 1.165) is 44.9 Å². The molecule has 0 aliphatic carbocycles. The minimum absolute atomic E-state index is 0.381. The van der Waals surface area contributed by atoms with Crippen molar-refractivity contribution in [1.29, 1.82) is 0 Å². The standard InChI is InChI=1S/C32H59NO4/c1-3-5-7-9-11-13-15-16-17-19-20-22-24-26-30(35)29(28-34)33-32(37)31(36)27-25-23-21-18-14-12-10-8-6-4-2/h11,13,17,19,24,26,29-31,34-36H,3-10,12,14-16,18,20-23,25,27-28H2,1-2H3,(H,33,37)/b13-11+,19-17+,26-24+. The Hall–Kier alpha value is -1.43. The molecule has 0 fully saturated rings. The highest BCUT2D eigenvalue weighted by Crippen LogP contribution is 2.12. The molecule has 216 valence electrons. The largest absolute Gasteiger partial charge is 0.394 e. The lowest BCUT2D eigenvalue weighted by Gasteiger charge is -2.21. The summed E-state index contributed by atoms with van der Waals surface area (Å²) in [5.41, 5.74) is 0. The molecule has 0 aromatic carbocycles. The topological polar surface area (TPSA) is 89.8 Å². The molecule has 3 atom stereocenters. The molecule has 1 amide bonds. The van der Waals surface area contributed by atoms with Gasteiger partial charge >= 0.3 is 0 Å². The van der Waals surface area contributed by atoms with Crippen molar-refractivity contribution in [2.45, 2.75) is 154 Å². The Morgan fingerprint density at radius 3 is 1.65 bits per heavy atom. The van der Waals surface area contributed by atoms with E-state index in [0.29, 0.717) is 6.42 Å². The molecule has 0 bridgehead atoms. The first-order chi connectivity index (χ1) is 18.1. The van der Waals surface area contributed by atoms with Crippen LogP contribution in [0.5, 0.6) is 0 Å². The van der Waals surface area contributed by atoms with Crippen LogP contribution in [-0.2, 0) is 4.79 Å². The summed E-state index contributed by atoms with van der Waals surface area (Å²) in [7, 11) is 0. The quantitative estimate of drug-likeness (QED) is 0.0710. The second kappa shape index (κ2) is 27.6. The summed E-state index contributed by atoms with van der Waals surface area (Å²) in [5.74, 6) is -0.523. The Kier molecular flexibility index (Phi) is 26.5. The minimum Gasteiger partial charge on any atom is -0.394 e. The average Bonchev–Trinajstić information content (AvgIpc) is 2.90. The Morgan fingerprint density at radius 1 is 0.649 bits per heavy atom. The maximum Gasteiger partial charge on any atom is 0.249 e. The van der Waals surface area contributed by atoms with Gasteiger partial charge in [-0.25, -0.2) is 0 Å². The van der Waals surface area contributed by atoms with Crippen molar-refractivity contribution in [2.24, 2.45) is 0 Å². The van der Waals surface area contributed by atoms with E-state index in [1.54, 1.807) is 6.08 Å². The van der Waals surface area contributed by atoms with Crippen LogP contribution in [0, 0.1) is 0 Å². The van der Waals surface area contributed by atoms with E-state index in [4.69, 9.17) is 0 Å². The number of hydrogen-bond donors (Lipinski definition) is 4. The second-order valence-electron chi connectivity index (χ2n) is 10.3. The van der Waals surface area contributed by atoms with Gasteiger partial charge in [0.05, 0.1) is 18.8 Å². The zero-order valence-corrected chi connectivity index (χ0v) is 24.1. The van der Waals surface area contributed by atoms with Gasteiger partial charge in [0.2, 0.25) is 5.91 Å². The van der Waals surface area contributed by atoms with Crippen molar-refractivity contribution in [3.8, 4) is 0 Å². The highest BCUT2D eigenvalue weighted by Gasteiger charge is 2.22. The number of hydrogen-bond acceptors (Lipinski definition) is 4. The molecule has 5 nitrogen and oxygen atoms in total. The fraction of sp³-hybridized carbons (Fsp3) is 0.781. The molecule has 5 heteroatoms. The Bertz CT molecular complexity index is 587. The summed E-state index contributed by atoms with van der Waals surface area (Å²) in [6.07, 6.45) is 31.5. The number of amides is 1. The van der Waals surface area contributed by atoms with Crippen molar-refractivity contribution in [3.63, 3.8) is 0 Å². The normalized spacial score (nSPS) is 14.6. The van der Waals surface area contributed by atoms with Crippen LogP contribution in [0.4, 0.5) is 0 Å². The highest BCUT2D eigenvalue weighted by atomic mass is 16.3. The molecule has 0 aliphatic rings. The van der Waals surface area contributed by atoms with Gasteiger partial charge in [-0.2, -0.15) is 0 Å². The van der Waals surface area contributed by atoms with Crippen molar-refractivity contribution >= 4 is 5.91 Å². The lowest BCUT2D eigenvalue weighted by atomic mass is 10.0. The number of unbranched alkanes of at least 4 members (excludes halogenated alkanes) is 14. The van der Waals surface area contributed by atoms with Gasteiger partial charge in [0.15, 0.2) is 0 Å². The minimum atomic E-state index is -1.10. The Labute approximate surface area is 228 Å².